The molecule has 5 heteroatoms. The molecule has 1 aromatic carbocycles. The Labute approximate surface area is 128 Å². The molecule has 0 heterocycles. The van der Waals surface area contributed by atoms with Crippen LogP contribution in [0.3, 0.4) is 0 Å². The topological polar surface area (TPSA) is 72.2 Å². The van der Waals surface area contributed by atoms with E-state index in [-0.39, 0.29) is 17.5 Å². The Morgan fingerprint density at radius 2 is 2.05 bits per heavy atom. The van der Waals surface area contributed by atoms with Gasteiger partial charge in [-0.2, -0.15) is 0 Å². The van der Waals surface area contributed by atoms with Gasteiger partial charge in [-0.25, -0.2) is 13.1 Å². The Kier molecular flexibility index (Phi) is 4.76. The van der Waals surface area contributed by atoms with Gasteiger partial charge in [-0.3, -0.25) is 0 Å². The molecule has 4 nitrogen and oxygen atoms in total. The zero-order valence-corrected chi connectivity index (χ0v) is 13.9. The van der Waals surface area contributed by atoms with Crippen LogP contribution in [0.5, 0.6) is 0 Å². The first kappa shape index (κ1) is 16.5. The minimum Gasteiger partial charge on any atom is -0.324 e. The quantitative estimate of drug-likeness (QED) is 0.898. The maximum atomic E-state index is 12.6. The third kappa shape index (κ3) is 3.84. The molecule has 2 unspecified atom stereocenters. The lowest BCUT2D eigenvalue weighted by atomic mass is 9.74. The van der Waals surface area contributed by atoms with Crippen LogP contribution in [0.2, 0.25) is 0 Å². The van der Waals surface area contributed by atoms with Gasteiger partial charge in [-0.05, 0) is 42.9 Å². The van der Waals surface area contributed by atoms with Crippen molar-refractivity contribution >= 4 is 10.0 Å². The highest BCUT2D eigenvalue weighted by atomic mass is 32.2. The molecule has 1 fully saturated rings. The van der Waals surface area contributed by atoms with E-state index in [2.05, 4.69) is 18.6 Å². The van der Waals surface area contributed by atoms with Gasteiger partial charge in [0.25, 0.3) is 0 Å². The highest BCUT2D eigenvalue weighted by molar-refractivity contribution is 7.89. The molecule has 2 atom stereocenters. The average molecular weight is 310 g/mol. The van der Waals surface area contributed by atoms with Crippen molar-refractivity contribution in [3.05, 3.63) is 29.8 Å². The highest BCUT2D eigenvalue weighted by Crippen LogP contribution is 2.36. The molecule has 1 saturated carbocycles. The first-order valence-corrected chi connectivity index (χ1v) is 9.08. The first-order valence-electron chi connectivity index (χ1n) is 7.60. The van der Waals surface area contributed by atoms with Crippen molar-refractivity contribution in [1.29, 1.82) is 0 Å². The normalized spacial score (nSPS) is 23.7. The fourth-order valence-electron chi connectivity index (χ4n) is 2.93. The minimum absolute atomic E-state index is 0.00406. The van der Waals surface area contributed by atoms with E-state index in [1.807, 2.05) is 13.0 Å². The minimum atomic E-state index is -3.49. The molecular weight excluding hydrogens is 284 g/mol. The van der Waals surface area contributed by atoms with Gasteiger partial charge in [0.05, 0.1) is 4.90 Å². The average Bonchev–Trinajstić information content (AvgIpc) is 2.41. The lowest BCUT2D eigenvalue weighted by Crippen LogP contribution is -2.46. The molecule has 0 saturated heterocycles. The Morgan fingerprint density at radius 3 is 2.67 bits per heavy atom. The van der Waals surface area contributed by atoms with Crippen LogP contribution in [0.1, 0.15) is 58.1 Å². The number of nitrogens with one attached hydrogen (secondary N) is 1. The van der Waals surface area contributed by atoms with Crippen LogP contribution in [-0.4, -0.2) is 14.5 Å². The first-order chi connectivity index (χ1) is 9.72. The fourth-order valence-corrected chi connectivity index (χ4v) is 4.43. The SMILES string of the molecule is CC(N)c1cccc(S(=O)(=O)NC2CCCCC2(C)C)c1. The summed E-state index contributed by atoms with van der Waals surface area (Å²) in [7, 11) is -3.49. The van der Waals surface area contributed by atoms with Crippen LogP contribution in [-0.2, 0) is 10.0 Å². The van der Waals surface area contributed by atoms with Crippen molar-refractivity contribution in [2.24, 2.45) is 11.1 Å². The van der Waals surface area contributed by atoms with Crippen LogP contribution < -0.4 is 10.5 Å². The molecule has 1 aliphatic carbocycles. The van der Waals surface area contributed by atoms with Crippen molar-refractivity contribution in [3.8, 4) is 0 Å². The molecule has 1 aliphatic rings. The van der Waals surface area contributed by atoms with E-state index in [4.69, 9.17) is 5.73 Å². The Bertz CT molecular complexity index is 594. The molecule has 2 rings (SSSR count). The molecule has 0 aliphatic heterocycles. The molecular formula is C16H26N2O2S. The smallest absolute Gasteiger partial charge is 0.240 e. The molecule has 0 spiro atoms. The maximum absolute atomic E-state index is 12.6. The summed E-state index contributed by atoms with van der Waals surface area (Å²) >= 11 is 0. The van der Waals surface area contributed by atoms with E-state index >= 15 is 0 Å². The van der Waals surface area contributed by atoms with Crippen LogP contribution in [0.25, 0.3) is 0 Å². The molecule has 0 radical (unpaired) electrons. The monoisotopic (exact) mass is 310 g/mol. The summed E-state index contributed by atoms with van der Waals surface area (Å²) in [4.78, 5) is 0.304. The Morgan fingerprint density at radius 1 is 1.33 bits per heavy atom. The van der Waals surface area contributed by atoms with Gasteiger partial charge < -0.3 is 5.73 Å². The summed E-state index contributed by atoms with van der Waals surface area (Å²) < 4.78 is 28.1. The van der Waals surface area contributed by atoms with E-state index in [0.717, 1.165) is 24.8 Å². The Hall–Kier alpha value is -0.910. The van der Waals surface area contributed by atoms with E-state index in [1.165, 1.54) is 6.42 Å². The Balaban J connectivity index is 2.24. The van der Waals surface area contributed by atoms with Crippen molar-refractivity contribution in [3.63, 3.8) is 0 Å². The van der Waals surface area contributed by atoms with Gasteiger partial charge in [-0.15, -0.1) is 0 Å². The van der Waals surface area contributed by atoms with E-state index in [0.29, 0.717) is 4.90 Å². The summed E-state index contributed by atoms with van der Waals surface area (Å²) in [5.41, 5.74) is 6.68. The molecule has 0 bridgehead atoms. The van der Waals surface area contributed by atoms with Crippen molar-refractivity contribution < 1.29 is 8.42 Å². The largest absolute Gasteiger partial charge is 0.324 e. The lowest BCUT2D eigenvalue weighted by molar-refractivity contribution is 0.188. The zero-order chi connectivity index (χ0) is 15.7. The van der Waals surface area contributed by atoms with Gasteiger partial charge in [0.15, 0.2) is 0 Å². The molecule has 3 N–H and O–H groups in total. The summed E-state index contributed by atoms with van der Waals surface area (Å²) in [5, 5.41) is 0. The van der Waals surface area contributed by atoms with Crippen molar-refractivity contribution in [2.75, 3.05) is 0 Å². The van der Waals surface area contributed by atoms with Gasteiger partial charge in [-0.1, -0.05) is 38.8 Å². The molecule has 1 aromatic rings. The molecule has 0 amide bonds. The summed E-state index contributed by atoms with van der Waals surface area (Å²) in [6, 6.07) is 6.72. The van der Waals surface area contributed by atoms with Gasteiger partial charge in [0.1, 0.15) is 0 Å². The molecule has 0 aromatic heterocycles. The number of hydrogen-bond donors (Lipinski definition) is 2. The van der Waals surface area contributed by atoms with E-state index in [1.54, 1.807) is 18.2 Å². The van der Waals surface area contributed by atoms with Crippen LogP contribution in [0, 0.1) is 5.41 Å². The van der Waals surface area contributed by atoms with Crippen molar-refractivity contribution in [1.82, 2.24) is 4.72 Å². The zero-order valence-electron chi connectivity index (χ0n) is 13.1. The summed E-state index contributed by atoms with van der Waals surface area (Å²) in [6.45, 7) is 6.12. The van der Waals surface area contributed by atoms with E-state index < -0.39 is 10.0 Å². The maximum Gasteiger partial charge on any atom is 0.240 e. The van der Waals surface area contributed by atoms with Crippen LogP contribution >= 0.6 is 0 Å². The molecule has 21 heavy (non-hydrogen) atoms. The number of hydrogen-bond acceptors (Lipinski definition) is 3. The van der Waals surface area contributed by atoms with Crippen molar-refractivity contribution in [2.45, 2.75) is 63.4 Å². The van der Waals surface area contributed by atoms with E-state index in [9.17, 15) is 8.42 Å². The van der Waals surface area contributed by atoms with Gasteiger partial charge >= 0.3 is 0 Å². The van der Waals surface area contributed by atoms with Crippen LogP contribution in [0.15, 0.2) is 29.2 Å². The highest BCUT2D eigenvalue weighted by Gasteiger charge is 2.35. The van der Waals surface area contributed by atoms with Gasteiger partial charge in [0, 0.05) is 12.1 Å². The number of nitrogens with two attached hydrogens (primary N) is 1. The number of rotatable bonds is 4. The number of benzene rings is 1. The summed E-state index contributed by atoms with van der Waals surface area (Å²) in [5.74, 6) is 0. The van der Waals surface area contributed by atoms with Gasteiger partial charge in [0.2, 0.25) is 10.0 Å². The predicted octanol–water partition coefficient (Wildman–Crippen LogP) is 2.95. The standard InChI is InChI=1S/C16H26N2O2S/c1-12(17)13-7-6-8-14(11-13)21(19,20)18-15-9-4-5-10-16(15,2)3/h6-8,11-12,15,18H,4-5,9-10,17H2,1-3H3. The second-order valence-electron chi connectivity index (χ2n) is 6.77. The molecule has 118 valence electrons. The predicted molar refractivity (Wildman–Crippen MR) is 85.4 cm³/mol. The third-order valence-electron chi connectivity index (χ3n) is 4.50. The second-order valence-corrected chi connectivity index (χ2v) is 8.48. The van der Waals surface area contributed by atoms with Crippen LogP contribution in [0.4, 0.5) is 0 Å². The summed E-state index contributed by atoms with van der Waals surface area (Å²) in [6.07, 6.45) is 4.21. The second kappa shape index (κ2) is 6.07. The number of sulfonamides is 1. The third-order valence-corrected chi connectivity index (χ3v) is 5.97. The lowest BCUT2D eigenvalue weighted by Gasteiger charge is -2.38. The fraction of sp³-hybridized carbons (Fsp3) is 0.625.